The van der Waals surface area contributed by atoms with Crippen molar-refractivity contribution in [3.63, 3.8) is 0 Å². The molecule has 3 rings (SSSR count). The average molecular weight is 294 g/mol. The second kappa shape index (κ2) is 5.83. The first-order chi connectivity index (χ1) is 9.28. The maximum atomic E-state index is 12.9. The Balaban J connectivity index is 0.00000147. The van der Waals surface area contributed by atoms with Crippen LogP contribution in [0, 0.1) is 5.82 Å². The Kier molecular flexibility index (Phi) is 4.14. The molecule has 0 saturated heterocycles. The van der Waals surface area contributed by atoms with E-state index in [0.717, 1.165) is 16.6 Å². The standard InChI is InChI=1S/C13H12FN5.ClH/c1-15-13-12-11(6-7-16-13)19(18-17-12)8-9-2-4-10(14)5-3-9;/h2-7H,8H2,1H3,(H,15,16);1H. The summed E-state index contributed by atoms with van der Waals surface area (Å²) in [5.41, 5.74) is 2.59. The minimum absolute atomic E-state index is 0. The molecule has 0 saturated carbocycles. The van der Waals surface area contributed by atoms with Crippen molar-refractivity contribution >= 4 is 29.3 Å². The van der Waals surface area contributed by atoms with Gasteiger partial charge in [0.05, 0.1) is 12.1 Å². The number of pyridine rings is 1. The number of nitrogens with one attached hydrogen (secondary N) is 1. The van der Waals surface area contributed by atoms with E-state index in [0.29, 0.717) is 12.4 Å². The highest BCUT2D eigenvalue weighted by Crippen LogP contribution is 2.18. The van der Waals surface area contributed by atoms with Gasteiger partial charge in [0, 0.05) is 13.2 Å². The van der Waals surface area contributed by atoms with E-state index in [1.165, 1.54) is 12.1 Å². The van der Waals surface area contributed by atoms with Crippen molar-refractivity contribution in [2.45, 2.75) is 6.54 Å². The van der Waals surface area contributed by atoms with Crippen molar-refractivity contribution < 1.29 is 4.39 Å². The van der Waals surface area contributed by atoms with Crippen molar-refractivity contribution in [3.8, 4) is 0 Å². The number of anilines is 1. The molecule has 0 radical (unpaired) electrons. The van der Waals surface area contributed by atoms with Crippen LogP contribution < -0.4 is 5.32 Å². The monoisotopic (exact) mass is 293 g/mol. The molecule has 0 amide bonds. The van der Waals surface area contributed by atoms with Gasteiger partial charge in [-0.2, -0.15) is 0 Å². The predicted molar refractivity (Wildman–Crippen MR) is 77.6 cm³/mol. The van der Waals surface area contributed by atoms with E-state index in [4.69, 9.17) is 0 Å². The lowest BCUT2D eigenvalue weighted by atomic mass is 10.2. The van der Waals surface area contributed by atoms with Crippen molar-refractivity contribution in [1.82, 2.24) is 20.0 Å². The van der Waals surface area contributed by atoms with Crippen molar-refractivity contribution in [3.05, 3.63) is 47.9 Å². The van der Waals surface area contributed by atoms with Crippen LogP contribution in [-0.2, 0) is 6.54 Å². The van der Waals surface area contributed by atoms with Crippen molar-refractivity contribution in [2.75, 3.05) is 12.4 Å². The fraction of sp³-hybridized carbons (Fsp3) is 0.154. The number of rotatable bonds is 3. The zero-order valence-corrected chi connectivity index (χ0v) is 11.6. The largest absolute Gasteiger partial charge is 0.371 e. The van der Waals surface area contributed by atoms with E-state index in [2.05, 4.69) is 20.6 Å². The van der Waals surface area contributed by atoms with Gasteiger partial charge in [0.2, 0.25) is 0 Å². The van der Waals surface area contributed by atoms with Crippen LogP contribution in [-0.4, -0.2) is 27.0 Å². The van der Waals surface area contributed by atoms with Gasteiger partial charge in [0.1, 0.15) is 5.82 Å². The second-order valence-electron chi connectivity index (χ2n) is 4.15. The van der Waals surface area contributed by atoms with Gasteiger partial charge in [0.25, 0.3) is 0 Å². The van der Waals surface area contributed by atoms with Crippen LogP contribution in [0.15, 0.2) is 36.5 Å². The summed E-state index contributed by atoms with van der Waals surface area (Å²) in [5.74, 6) is 0.455. The maximum absolute atomic E-state index is 12.9. The SMILES string of the molecule is CNc1nccc2c1nnn2Cc1ccc(F)cc1.Cl. The zero-order valence-electron chi connectivity index (χ0n) is 10.7. The van der Waals surface area contributed by atoms with Crippen LogP contribution in [0.5, 0.6) is 0 Å². The Morgan fingerprint density at radius 1 is 1.20 bits per heavy atom. The van der Waals surface area contributed by atoms with Gasteiger partial charge in [-0.05, 0) is 23.8 Å². The van der Waals surface area contributed by atoms with Crippen LogP contribution in [0.25, 0.3) is 11.0 Å². The van der Waals surface area contributed by atoms with Gasteiger partial charge in [-0.3, -0.25) is 0 Å². The summed E-state index contributed by atoms with van der Waals surface area (Å²) in [6, 6.07) is 8.22. The molecule has 0 bridgehead atoms. The fourth-order valence-corrected chi connectivity index (χ4v) is 1.96. The second-order valence-corrected chi connectivity index (χ2v) is 4.15. The molecule has 0 aliphatic rings. The Morgan fingerprint density at radius 3 is 2.65 bits per heavy atom. The highest BCUT2D eigenvalue weighted by atomic mass is 35.5. The maximum Gasteiger partial charge on any atom is 0.155 e. The highest BCUT2D eigenvalue weighted by molar-refractivity contribution is 5.85. The summed E-state index contributed by atoms with van der Waals surface area (Å²) in [4.78, 5) is 4.18. The summed E-state index contributed by atoms with van der Waals surface area (Å²) < 4.78 is 14.6. The number of hydrogen-bond donors (Lipinski definition) is 1. The van der Waals surface area contributed by atoms with Gasteiger partial charge < -0.3 is 5.32 Å². The molecule has 5 nitrogen and oxygen atoms in total. The first-order valence-electron chi connectivity index (χ1n) is 5.88. The third-order valence-electron chi connectivity index (χ3n) is 2.92. The molecule has 0 spiro atoms. The molecular weight excluding hydrogens is 281 g/mol. The van der Waals surface area contributed by atoms with Crippen LogP contribution in [0.3, 0.4) is 0 Å². The molecule has 3 aromatic rings. The third-order valence-corrected chi connectivity index (χ3v) is 2.92. The first kappa shape index (κ1) is 14.2. The summed E-state index contributed by atoms with van der Waals surface area (Å²) in [6.45, 7) is 0.546. The Bertz CT molecular complexity index is 710. The molecule has 1 aromatic carbocycles. The number of halogens is 2. The predicted octanol–water partition coefficient (Wildman–Crippen LogP) is 2.48. The van der Waals surface area contributed by atoms with Crippen LogP contribution in [0.2, 0.25) is 0 Å². The van der Waals surface area contributed by atoms with Crippen molar-refractivity contribution in [2.24, 2.45) is 0 Å². The number of nitrogens with zero attached hydrogens (tertiary/aromatic N) is 4. The molecule has 0 aliphatic carbocycles. The van der Waals surface area contributed by atoms with E-state index >= 15 is 0 Å². The number of benzene rings is 1. The van der Waals surface area contributed by atoms with Crippen LogP contribution in [0.1, 0.15) is 5.56 Å². The average Bonchev–Trinajstić information content (AvgIpc) is 2.84. The summed E-state index contributed by atoms with van der Waals surface area (Å²) in [6.07, 6.45) is 1.71. The number of fused-ring (bicyclic) bond motifs is 1. The van der Waals surface area contributed by atoms with Crippen LogP contribution >= 0.6 is 12.4 Å². The summed E-state index contributed by atoms with van der Waals surface area (Å²) in [5, 5.41) is 11.2. The van der Waals surface area contributed by atoms with Gasteiger partial charge in [0.15, 0.2) is 11.3 Å². The van der Waals surface area contributed by atoms with Crippen LogP contribution in [0.4, 0.5) is 10.2 Å². The van der Waals surface area contributed by atoms with E-state index in [9.17, 15) is 4.39 Å². The molecule has 0 aliphatic heterocycles. The molecule has 7 heteroatoms. The molecule has 0 unspecified atom stereocenters. The van der Waals surface area contributed by atoms with Gasteiger partial charge in [-0.15, -0.1) is 17.5 Å². The minimum Gasteiger partial charge on any atom is -0.371 e. The summed E-state index contributed by atoms with van der Waals surface area (Å²) >= 11 is 0. The molecule has 20 heavy (non-hydrogen) atoms. The van der Waals surface area contributed by atoms with E-state index < -0.39 is 0 Å². The molecule has 1 N–H and O–H groups in total. The number of aromatic nitrogens is 4. The Hall–Kier alpha value is -2.21. The lowest BCUT2D eigenvalue weighted by Crippen LogP contribution is -2.02. The lowest BCUT2D eigenvalue weighted by Gasteiger charge is -2.03. The number of hydrogen-bond acceptors (Lipinski definition) is 4. The molecule has 0 atom stereocenters. The summed E-state index contributed by atoms with van der Waals surface area (Å²) in [7, 11) is 1.79. The van der Waals surface area contributed by atoms with Gasteiger partial charge in [-0.1, -0.05) is 17.3 Å². The molecule has 0 fully saturated rings. The van der Waals surface area contributed by atoms with E-state index in [1.54, 1.807) is 30.1 Å². The lowest BCUT2D eigenvalue weighted by molar-refractivity contribution is 0.624. The van der Waals surface area contributed by atoms with Gasteiger partial charge >= 0.3 is 0 Å². The van der Waals surface area contributed by atoms with Crippen molar-refractivity contribution in [1.29, 1.82) is 0 Å². The highest BCUT2D eigenvalue weighted by Gasteiger charge is 2.09. The zero-order chi connectivity index (χ0) is 13.2. The molecule has 2 heterocycles. The quantitative estimate of drug-likeness (QED) is 0.806. The first-order valence-corrected chi connectivity index (χ1v) is 5.88. The minimum atomic E-state index is -0.242. The van der Waals surface area contributed by atoms with E-state index in [-0.39, 0.29) is 18.2 Å². The van der Waals surface area contributed by atoms with Gasteiger partial charge in [-0.25, -0.2) is 14.1 Å². The molecule has 104 valence electrons. The smallest absolute Gasteiger partial charge is 0.155 e. The Morgan fingerprint density at radius 2 is 1.95 bits per heavy atom. The topological polar surface area (TPSA) is 55.6 Å². The van der Waals surface area contributed by atoms with E-state index in [1.807, 2.05) is 6.07 Å². The normalized spacial score (nSPS) is 10.3. The third kappa shape index (κ3) is 2.55. The molecular formula is C13H13ClFN5. The fourth-order valence-electron chi connectivity index (χ4n) is 1.96. The Labute approximate surface area is 121 Å². The molecule has 2 aromatic heterocycles.